The van der Waals surface area contributed by atoms with Gasteiger partial charge in [-0.25, -0.2) is 4.98 Å². The summed E-state index contributed by atoms with van der Waals surface area (Å²) in [5.74, 6) is -0.0571. The van der Waals surface area contributed by atoms with E-state index in [1.165, 1.54) is 5.56 Å². The summed E-state index contributed by atoms with van der Waals surface area (Å²) in [7, 11) is 0. The first-order valence-corrected chi connectivity index (χ1v) is 12.0. The first kappa shape index (κ1) is 21.5. The molecule has 4 aromatic rings. The van der Waals surface area contributed by atoms with Gasteiger partial charge in [0.2, 0.25) is 0 Å². The summed E-state index contributed by atoms with van der Waals surface area (Å²) in [5.41, 5.74) is 4.95. The van der Waals surface area contributed by atoms with Crippen molar-refractivity contribution < 1.29 is 4.79 Å². The monoisotopic (exact) mass is 447 g/mol. The van der Waals surface area contributed by atoms with E-state index in [-0.39, 0.29) is 5.91 Å². The van der Waals surface area contributed by atoms with Gasteiger partial charge in [-0.05, 0) is 66.9 Å². The molecule has 0 saturated carbocycles. The fourth-order valence-electron chi connectivity index (χ4n) is 3.33. The van der Waals surface area contributed by atoms with Gasteiger partial charge in [-0.3, -0.25) is 14.7 Å². The molecule has 0 aliphatic carbocycles. The van der Waals surface area contributed by atoms with E-state index in [4.69, 9.17) is 4.98 Å². The topological polar surface area (TPSA) is 46.1 Å². The van der Waals surface area contributed by atoms with Crippen molar-refractivity contribution >= 4 is 44.4 Å². The smallest absolute Gasteiger partial charge is 0.260 e. The molecule has 6 heteroatoms. The predicted octanol–water partition coefficient (Wildman–Crippen LogP) is 6.66. The third kappa shape index (κ3) is 4.81. The number of carbonyl (C=O) groups excluding carboxylic acids is 1. The molecule has 0 N–H and O–H groups in total. The molecule has 0 radical (unpaired) electrons. The summed E-state index contributed by atoms with van der Waals surface area (Å²) in [6.07, 6.45) is 3.54. The third-order valence-electron chi connectivity index (χ3n) is 5.09. The highest BCUT2D eigenvalue weighted by molar-refractivity contribution is 7.99. The lowest BCUT2D eigenvalue weighted by molar-refractivity contribution is 0.0985. The molecular formula is C25H25N3OS2. The number of fused-ring (bicyclic) bond motifs is 1. The molecule has 4 nitrogen and oxygen atoms in total. The SMILES string of the molecule is Cc1ccc2sc(N(Cc3cccnc3)C(=O)c3ccc(SC(C)C)cc3)nc2c1C. The summed E-state index contributed by atoms with van der Waals surface area (Å²) < 4.78 is 1.09. The maximum atomic E-state index is 13.6. The Hall–Kier alpha value is -2.70. The number of aromatic nitrogens is 2. The number of thioether (sulfide) groups is 1. The van der Waals surface area contributed by atoms with Gasteiger partial charge in [-0.15, -0.1) is 11.8 Å². The number of thiazole rings is 1. The Balaban J connectivity index is 1.72. The predicted molar refractivity (Wildman–Crippen MR) is 131 cm³/mol. The lowest BCUT2D eigenvalue weighted by Crippen LogP contribution is -2.30. The normalized spacial score (nSPS) is 11.3. The zero-order valence-corrected chi connectivity index (χ0v) is 19.8. The van der Waals surface area contributed by atoms with Crippen molar-refractivity contribution in [3.8, 4) is 0 Å². The largest absolute Gasteiger partial charge is 0.279 e. The van der Waals surface area contributed by atoms with Crippen molar-refractivity contribution in [2.75, 3.05) is 4.90 Å². The quantitative estimate of drug-likeness (QED) is 0.310. The van der Waals surface area contributed by atoms with E-state index in [0.29, 0.717) is 22.5 Å². The maximum Gasteiger partial charge on any atom is 0.260 e. The second-order valence-corrected chi connectivity index (χ2v) is 10.5. The Morgan fingerprint density at radius 2 is 1.87 bits per heavy atom. The summed E-state index contributed by atoms with van der Waals surface area (Å²) >= 11 is 3.34. The molecule has 0 fully saturated rings. The van der Waals surface area contributed by atoms with Crippen LogP contribution >= 0.6 is 23.1 Å². The molecule has 0 atom stereocenters. The van der Waals surface area contributed by atoms with Crippen LogP contribution in [-0.2, 0) is 6.54 Å². The van der Waals surface area contributed by atoms with Crippen molar-refractivity contribution in [2.45, 2.75) is 44.4 Å². The molecule has 0 spiro atoms. The molecule has 158 valence electrons. The van der Waals surface area contributed by atoms with Crippen molar-refractivity contribution in [3.63, 3.8) is 0 Å². The summed E-state index contributed by atoms with van der Waals surface area (Å²) in [6.45, 7) is 8.92. The highest BCUT2D eigenvalue weighted by Gasteiger charge is 2.22. The van der Waals surface area contributed by atoms with Crippen LogP contribution in [0.5, 0.6) is 0 Å². The van der Waals surface area contributed by atoms with Crippen LogP contribution < -0.4 is 4.90 Å². The molecular weight excluding hydrogens is 422 g/mol. The van der Waals surface area contributed by atoms with E-state index in [2.05, 4.69) is 44.8 Å². The van der Waals surface area contributed by atoms with Gasteiger partial charge < -0.3 is 0 Å². The number of aryl methyl sites for hydroxylation is 2. The van der Waals surface area contributed by atoms with Gasteiger partial charge in [0.15, 0.2) is 5.13 Å². The van der Waals surface area contributed by atoms with E-state index in [1.807, 2.05) is 36.4 Å². The molecule has 0 aliphatic heterocycles. The van der Waals surface area contributed by atoms with Gasteiger partial charge in [0, 0.05) is 28.1 Å². The standard InChI is InChI=1S/C25H25N3OS2/c1-16(2)30-21-10-8-20(9-11-21)24(29)28(15-19-6-5-13-26-14-19)25-27-23-18(4)17(3)7-12-22(23)31-25/h5-14,16H,15H2,1-4H3. The van der Waals surface area contributed by atoms with Crippen molar-refractivity contribution in [2.24, 2.45) is 0 Å². The first-order valence-electron chi connectivity index (χ1n) is 10.3. The van der Waals surface area contributed by atoms with Crippen molar-refractivity contribution in [3.05, 3.63) is 83.2 Å². The van der Waals surface area contributed by atoms with Crippen LogP contribution in [0.4, 0.5) is 5.13 Å². The number of benzene rings is 2. The van der Waals surface area contributed by atoms with Crippen LogP contribution in [0, 0.1) is 13.8 Å². The Labute approximate surface area is 191 Å². The van der Waals surface area contributed by atoms with Crippen molar-refractivity contribution in [1.82, 2.24) is 9.97 Å². The summed E-state index contributed by atoms with van der Waals surface area (Å²) in [4.78, 5) is 25.6. The molecule has 31 heavy (non-hydrogen) atoms. The number of hydrogen-bond acceptors (Lipinski definition) is 5. The fraction of sp³-hybridized carbons (Fsp3) is 0.240. The lowest BCUT2D eigenvalue weighted by atomic mass is 10.1. The van der Waals surface area contributed by atoms with E-state index in [0.717, 1.165) is 26.2 Å². The first-order chi connectivity index (χ1) is 14.9. The van der Waals surface area contributed by atoms with Crippen LogP contribution in [0.25, 0.3) is 10.2 Å². The Bertz CT molecular complexity index is 1200. The fourth-order valence-corrected chi connectivity index (χ4v) is 5.19. The molecule has 2 aromatic carbocycles. The maximum absolute atomic E-state index is 13.6. The molecule has 2 heterocycles. The zero-order chi connectivity index (χ0) is 22.0. The highest BCUT2D eigenvalue weighted by Crippen LogP contribution is 2.33. The molecule has 0 unspecified atom stereocenters. The van der Waals surface area contributed by atoms with Crippen LogP contribution in [0.15, 0.2) is 65.8 Å². The second kappa shape index (κ2) is 9.20. The minimum Gasteiger partial charge on any atom is -0.279 e. The summed E-state index contributed by atoms with van der Waals surface area (Å²) in [6, 6.07) is 15.9. The van der Waals surface area contributed by atoms with Crippen LogP contribution in [0.3, 0.4) is 0 Å². The van der Waals surface area contributed by atoms with E-state index in [1.54, 1.807) is 40.4 Å². The van der Waals surface area contributed by atoms with E-state index >= 15 is 0 Å². The Kier molecular flexibility index (Phi) is 6.39. The Morgan fingerprint density at radius 3 is 2.55 bits per heavy atom. The summed E-state index contributed by atoms with van der Waals surface area (Å²) in [5, 5.41) is 1.20. The van der Waals surface area contributed by atoms with Crippen LogP contribution in [0.1, 0.15) is 40.9 Å². The minimum absolute atomic E-state index is 0.0571. The number of nitrogens with zero attached hydrogens (tertiary/aromatic N) is 3. The average Bonchev–Trinajstić information content (AvgIpc) is 3.20. The van der Waals surface area contributed by atoms with E-state index < -0.39 is 0 Å². The van der Waals surface area contributed by atoms with Gasteiger partial charge >= 0.3 is 0 Å². The van der Waals surface area contributed by atoms with Gasteiger partial charge in [0.25, 0.3) is 5.91 Å². The second-order valence-electron chi connectivity index (χ2n) is 7.79. The molecule has 1 amide bonds. The zero-order valence-electron chi connectivity index (χ0n) is 18.1. The molecule has 4 rings (SSSR count). The van der Waals surface area contributed by atoms with Gasteiger partial charge in [-0.1, -0.05) is 37.3 Å². The minimum atomic E-state index is -0.0571. The Morgan fingerprint density at radius 1 is 1.10 bits per heavy atom. The molecule has 0 saturated heterocycles. The number of carbonyl (C=O) groups is 1. The molecule has 2 aromatic heterocycles. The van der Waals surface area contributed by atoms with Crippen LogP contribution in [-0.4, -0.2) is 21.1 Å². The number of hydrogen-bond donors (Lipinski definition) is 0. The van der Waals surface area contributed by atoms with Gasteiger partial charge in [0.1, 0.15) is 0 Å². The van der Waals surface area contributed by atoms with Crippen LogP contribution in [0.2, 0.25) is 0 Å². The lowest BCUT2D eigenvalue weighted by Gasteiger charge is -2.20. The van der Waals surface area contributed by atoms with E-state index in [9.17, 15) is 4.79 Å². The highest BCUT2D eigenvalue weighted by atomic mass is 32.2. The number of anilines is 1. The third-order valence-corrected chi connectivity index (χ3v) is 7.15. The molecule has 0 aliphatic rings. The average molecular weight is 448 g/mol. The number of rotatable bonds is 6. The number of amides is 1. The van der Waals surface area contributed by atoms with Gasteiger partial charge in [0.05, 0.1) is 16.8 Å². The van der Waals surface area contributed by atoms with Crippen molar-refractivity contribution in [1.29, 1.82) is 0 Å². The number of pyridine rings is 1. The molecule has 0 bridgehead atoms. The van der Waals surface area contributed by atoms with Gasteiger partial charge in [-0.2, -0.15) is 0 Å².